The zero-order chi connectivity index (χ0) is 19.6. The van der Waals surface area contributed by atoms with Crippen LogP contribution in [-0.2, 0) is 28.9 Å². The van der Waals surface area contributed by atoms with E-state index in [0.29, 0.717) is 5.76 Å². The standard InChI is InChI=1S/C19H19F3N2O3/c1-23(10-13-5-2-3-7-16(13)19(20,21)22)18(26)14-9-17(25)24(11-14)12-15-6-4-8-27-15/h2-8,14H,9-12H2,1H3. The fourth-order valence-corrected chi connectivity index (χ4v) is 3.26. The second-order valence-corrected chi connectivity index (χ2v) is 6.60. The van der Waals surface area contributed by atoms with Gasteiger partial charge in [-0.3, -0.25) is 9.59 Å². The molecule has 0 radical (unpaired) electrons. The van der Waals surface area contributed by atoms with Crippen LogP contribution in [-0.4, -0.2) is 35.2 Å². The molecule has 0 bridgehead atoms. The van der Waals surface area contributed by atoms with Crippen molar-refractivity contribution in [2.75, 3.05) is 13.6 Å². The average molecular weight is 380 g/mol. The number of carbonyl (C=O) groups excluding carboxylic acids is 2. The molecule has 1 aromatic heterocycles. The highest BCUT2D eigenvalue weighted by molar-refractivity contribution is 5.89. The van der Waals surface area contributed by atoms with Gasteiger partial charge in [0.1, 0.15) is 5.76 Å². The largest absolute Gasteiger partial charge is 0.467 e. The van der Waals surface area contributed by atoms with Crippen molar-refractivity contribution in [2.24, 2.45) is 5.92 Å². The maximum absolute atomic E-state index is 13.1. The number of amides is 2. The molecule has 1 aromatic carbocycles. The lowest BCUT2D eigenvalue weighted by molar-refractivity contribution is -0.140. The van der Waals surface area contributed by atoms with Crippen LogP contribution in [0.1, 0.15) is 23.3 Å². The SMILES string of the molecule is CN(Cc1ccccc1C(F)(F)F)C(=O)C1CC(=O)N(Cc2ccco2)C1. The molecule has 1 aliphatic heterocycles. The maximum atomic E-state index is 13.1. The summed E-state index contributed by atoms with van der Waals surface area (Å²) in [4.78, 5) is 27.6. The molecular formula is C19H19F3N2O3. The number of hydrogen-bond acceptors (Lipinski definition) is 3. The summed E-state index contributed by atoms with van der Waals surface area (Å²) in [5.74, 6) is -0.476. The molecule has 5 nitrogen and oxygen atoms in total. The fraction of sp³-hybridized carbons (Fsp3) is 0.368. The highest BCUT2D eigenvalue weighted by Gasteiger charge is 2.37. The summed E-state index contributed by atoms with van der Waals surface area (Å²) < 4.78 is 44.6. The van der Waals surface area contributed by atoms with Gasteiger partial charge in [-0.1, -0.05) is 18.2 Å². The quantitative estimate of drug-likeness (QED) is 0.800. The van der Waals surface area contributed by atoms with Gasteiger partial charge in [0, 0.05) is 26.6 Å². The monoisotopic (exact) mass is 380 g/mol. The minimum absolute atomic E-state index is 0.0256. The Morgan fingerprint density at radius 3 is 2.67 bits per heavy atom. The molecule has 2 aromatic rings. The van der Waals surface area contributed by atoms with E-state index in [1.807, 2.05) is 0 Å². The number of furan rings is 1. The van der Waals surface area contributed by atoms with Crippen LogP contribution in [0.4, 0.5) is 13.2 Å². The number of carbonyl (C=O) groups is 2. The van der Waals surface area contributed by atoms with E-state index in [4.69, 9.17) is 4.42 Å². The van der Waals surface area contributed by atoms with Gasteiger partial charge in [-0.15, -0.1) is 0 Å². The van der Waals surface area contributed by atoms with E-state index in [2.05, 4.69) is 0 Å². The molecule has 144 valence electrons. The van der Waals surface area contributed by atoms with Gasteiger partial charge >= 0.3 is 6.18 Å². The topological polar surface area (TPSA) is 53.8 Å². The predicted molar refractivity (Wildman–Crippen MR) is 90.2 cm³/mol. The Bertz CT molecular complexity index is 818. The number of likely N-dealkylation sites (tertiary alicyclic amines) is 1. The number of hydrogen-bond donors (Lipinski definition) is 0. The van der Waals surface area contributed by atoms with Gasteiger partial charge in [-0.25, -0.2) is 0 Å². The highest BCUT2D eigenvalue weighted by atomic mass is 19.4. The Labute approximate surface area is 154 Å². The van der Waals surface area contributed by atoms with Crippen LogP contribution in [0.2, 0.25) is 0 Å². The summed E-state index contributed by atoms with van der Waals surface area (Å²) in [6.45, 7) is 0.331. The molecule has 8 heteroatoms. The van der Waals surface area contributed by atoms with E-state index in [9.17, 15) is 22.8 Å². The van der Waals surface area contributed by atoms with E-state index in [1.54, 1.807) is 12.1 Å². The van der Waals surface area contributed by atoms with Crippen molar-refractivity contribution >= 4 is 11.8 Å². The predicted octanol–water partition coefficient (Wildman–Crippen LogP) is 3.31. The molecule has 1 atom stereocenters. The van der Waals surface area contributed by atoms with Gasteiger partial charge in [0.2, 0.25) is 11.8 Å². The lowest BCUT2D eigenvalue weighted by Gasteiger charge is -2.23. The van der Waals surface area contributed by atoms with Crippen LogP contribution in [0.15, 0.2) is 47.1 Å². The molecule has 1 fully saturated rings. The number of alkyl halides is 3. The van der Waals surface area contributed by atoms with E-state index >= 15 is 0 Å². The Hall–Kier alpha value is -2.77. The van der Waals surface area contributed by atoms with Crippen LogP contribution in [0.25, 0.3) is 0 Å². The van der Waals surface area contributed by atoms with Crippen molar-refractivity contribution in [3.63, 3.8) is 0 Å². The molecule has 2 heterocycles. The maximum Gasteiger partial charge on any atom is 0.416 e. The van der Waals surface area contributed by atoms with Gasteiger partial charge in [-0.05, 0) is 23.8 Å². The van der Waals surface area contributed by atoms with Crippen molar-refractivity contribution in [2.45, 2.75) is 25.7 Å². The Balaban J connectivity index is 1.65. The minimum Gasteiger partial charge on any atom is -0.467 e. The molecule has 3 rings (SSSR count). The third-order valence-electron chi connectivity index (χ3n) is 4.60. The molecule has 0 saturated carbocycles. The number of nitrogens with zero attached hydrogens (tertiary/aromatic N) is 2. The molecule has 0 N–H and O–H groups in total. The van der Waals surface area contributed by atoms with Gasteiger partial charge < -0.3 is 14.2 Å². The van der Waals surface area contributed by atoms with Crippen LogP contribution < -0.4 is 0 Å². The van der Waals surface area contributed by atoms with E-state index in [0.717, 1.165) is 6.07 Å². The number of benzene rings is 1. The van der Waals surface area contributed by atoms with Crippen LogP contribution >= 0.6 is 0 Å². The first-order valence-electron chi connectivity index (χ1n) is 8.46. The molecule has 0 spiro atoms. The zero-order valence-electron chi connectivity index (χ0n) is 14.7. The summed E-state index contributed by atoms with van der Waals surface area (Å²) in [7, 11) is 1.45. The highest BCUT2D eigenvalue weighted by Crippen LogP contribution is 2.32. The van der Waals surface area contributed by atoms with Crippen LogP contribution in [0.5, 0.6) is 0 Å². The molecule has 1 saturated heterocycles. The van der Waals surface area contributed by atoms with Crippen molar-refractivity contribution < 1.29 is 27.2 Å². The van der Waals surface area contributed by atoms with E-state index < -0.39 is 17.7 Å². The summed E-state index contributed by atoms with van der Waals surface area (Å²) in [5.41, 5.74) is -0.732. The van der Waals surface area contributed by atoms with Crippen LogP contribution in [0.3, 0.4) is 0 Å². The average Bonchev–Trinajstić information content (AvgIpc) is 3.24. The lowest BCUT2D eigenvalue weighted by Crippen LogP contribution is -2.34. The molecule has 27 heavy (non-hydrogen) atoms. The molecule has 0 aliphatic carbocycles. The third kappa shape index (κ3) is 4.32. The normalized spacial score (nSPS) is 17.4. The van der Waals surface area contributed by atoms with Gasteiger partial charge in [0.25, 0.3) is 0 Å². The van der Waals surface area contributed by atoms with Crippen molar-refractivity contribution in [3.05, 3.63) is 59.5 Å². The summed E-state index contributed by atoms with van der Waals surface area (Å²) in [5, 5.41) is 0. The van der Waals surface area contributed by atoms with Gasteiger partial charge in [0.15, 0.2) is 0 Å². The Kier molecular flexibility index (Phi) is 5.25. The summed E-state index contributed by atoms with van der Waals surface area (Å²) >= 11 is 0. The first-order chi connectivity index (χ1) is 12.8. The third-order valence-corrected chi connectivity index (χ3v) is 4.60. The zero-order valence-corrected chi connectivity index (χ0v) is 14.7. The first-order valence-corrected chi connectivity index (χ1v) is 8.46. The second kappa shape index (κ2) is 7.46. The van der Waals surface area contributed by atoms with Crippen LogP contribution in [0, 0.1) is 5.92 Å². The second-order valence-electron chi connectivity index (χ2n) is 6.60. The molecule has 1 aliphatic rings. The molecule has 1 unspecified atom stereocenters. The molecule has 2 amide bonds. The molecular weight excluding hydrogens is 361 g/mol. The smallest absolute Gasteiger partial charge is 0.416 e. The summed E-state index contributed by atoms with van der Waals surface area (Å²) in [6, 6.07) is 8.63. The van der Waals surface area contributed by atoms with E-state index in [-0.39, 0.29) is 43.4 Å². The Morgan fingerprint density at radius 1 is 1.26 bits per heavy atom. The van der Waals surface area contributed by atoms with Gasteiger partial charge in [-0.2, -0.15) is 13.2 Å². The first kappa shape index (κ1) is 19.0. The van der Waals surface area contributed by atoms with Crippen molar-refractivity contribution in [1.82, 2.24) is 9.80 Å². The summed E-state index contributed by atoms with van der Waals surface area (Å²) in [6.07, 6.45) is -2.93. The van der Waals surface area contributed by atoms with Crippen molar-refractivity contribution in [1.29, 1.82) is 0 Å². The Morgan fingerprint density at radius 2 is 2.00 bits per heavy atom. The minimum atomic E-state index is -4.48. The lowest BCUT2D eigenvalue weighted by atomic mass is 10.0. The number of halogens is 3. The number of rotatable bonds is 5. The fourth-order valence-electron chi connectivity index (χ4n) is 3.26. The van der Waals surface area contributed by atoms with Gasteiger partial charge in [0.05, 0.1) is 24.3 Å². The van der Waals surface area contributed by atoms with E-state index in [1.165, 1.54) is 41.3 Å². The van der Waals surface area contributed by atoms with Crippen molar-refractivity contribution in [3.8, 4) is 0 Å².